The van der Waals surface area contributed by atoms with Crippen LogP contribution in [0, 0.1) is 17.8 Å². The van der Waals surface area contributed by atoms with Crippen molar-refractivity contribution >= 4 is 23.7 Å². The Morgan fingerprint density at radius 1 is 1.37 bits per heavy atom. The van der Waals surface area contributed by atoms with Crippen LogP contribution in [0.5, 0.6) is 0 Å². The largest absolute Gasteiger partial charge is 0.335 e. The number of aromatic nitrogens is 2. The van der Waals surface area contributed by atoms with E-state index in [4.69, 9.17) is 0 Å². The molecule has 2 saturated carbocycles. The van der Waals surface area contributed by atoms with E-state index in [9.17, 15) is 14.4 Å². The third-order valence-electron chi connectivity index (χ3n) is 5.67. The Morgan fingerprint density at radius 2 is 2.19 bits per heavy atom. The van der Waals surface area contributed by atoms with Gasteiger partial charge in [-0.2, -0.15) is 0 Å². The van der Waals surface area contributed by atoms with Gasteiger partial charge in [0.05, 0.1) is 5.75 Å². The van der Waals surface area contributed by atoms with Crippen LogP contribution in [0.4, 0.5) is 4.79 Å². The highest BCUT2D eigenvalue weighted by Crippen LogP contribution is 2.49. The summed E-state index contributed by atoms with van der Waals surface area (Å²) < 4.78 is 0. The number of fused-ring (bicyclic) bond motifs is 2. The van der Waals surface area contributed by atoms with Gasteiger partial charge in [0, 0.05) is 17.8 Å². The zero-order valence-corrected chi connectivity index (χ0v) is 16.7. The Morgan fingerprint density at radius 3 is 2.85 bits per heavy atom. The first-order valence-electron chi connectivity index (χ1n) is 9.78. The molecule has 0 aliphatic heterocycles. The van der Waals surface area contributed by atoms with Crippen LogP contribution in [0.25, 0.3) is 0 Å². The van der Waals surface area contributed by atoms with E-state index in [0.717, 1.165) is 30.0 Å². The number of nitrogens with one attached hydrogen (secondary N) is 3. The predicted octanol–water partition coefficient (Wildman–Crippen LogP) is 2.46. The molecule has 2 aliphatic rings. The molecule has 1 aromatic heterocycles. The summed E-state index contributed by atoms with van der Waals surface area (Å²) in [4.78, 5) is 42.7. The Kier molecular flexibility index (Phi) is 6.57. The highest BCUT2D eigenvalue weighted by atomic mass is 32.2. The van der Waals surface area contributed by atoms with Gasteiger partial charge in [0.1, 0.15) is 0 Å². The topological polar surface area (TPSA) is 104 Å². The number of urea groups is 1. The molecule has 0 aromatic carbocycles. The fourth-order valence-electron chi connectivity index (χ4n) is 4.49. The summed E-state index contributed by atoms with van der Waals surface area (Å²) in [5.74, 6) is 1.68. The lowest BCUT2D eigenvalue weighted by Gasteiger charge is -2.28. The zero-order chi connectivity index (χ0) is 19.4. The number of H-pyrrole nitrogens is 1. The van der Waals surface area contributed by atoms with Gasteiger partial charge >= 0.3 is 6.03 Å². The number of nitrogens with zero attached hydrogens (tertiary/aromatic N) is 1. The van der Waals surface area contributed by atoms with Crippen LogP contribution in [0.2, 0.25) is 0 Å². The van der Waals surface area contributed by atoms with Crippen molar-refractivity contribution in [3.8, 4) is 0 Å². The summed E-state index contributed by atoms with van der Waals surface area (Å²) in [6.07, 6.45) is 6.67. The predicted molar refractivity (Wildman–Crippen MR) is 105 cm³/mol. The Bertz CT molecular complexity index is 751. The second kappa shape index (κ2) is 8.91. The molecule has 4 atom stereocenters. The lowest BCUT2D eigenvalue weighted by molar-refractivity contribution is -0.117. The average Bonchev–Trinajstić information content (AvgIpc) is 3.23. The highest BCUT2D eigenvalue weighted by molar-refractivity contribution is 7.99. The van der Waals surface area contributed by atoms with E-state index in [2.05, 4.69) is 20.6 Å². The molecule has 8 heteroatoms. The molecular formula is C19H28N4O3S. The first kappa shape index (κ1) is 19.9. The van der Waals surface area contributed by atoms with Crippen molar-refractivity contribution < 1.29 is 9.59 Å². The van der Waals surface area contributed by atoms with E-state index in [1.165, 1.54) is 31.7 Å². The number of amides is 3. The molecule has 2 bridgehead atoms. The van der Waals surface area contributed by atoms with Crippen molar-refractivity contribution in [2.75, 3.05) is 5.75 Å². The van der Waals surface area contributed by atoms with Gasteiger partial charge in [0.15, 0.2) is 5.16 Å². The SMILES string of the molecule is CCCc1cc(=O)[nH]c(SCC(=O)NC(=O)N[C@@H](C)[C@H]2C[C@H]3CC[C@H]2C3)n1. The number of aryl methyl sites for hydroxylation is 1. The van der Waals surface area contributed by atoms with Crippen LogP contribution < -0.4 is 16.2 Å². The molecule has 0 radical (unpaired) electrons. The van der Waals surface area contributed by atoms with Crippen LogP contribution >= 0.6 is 11.8 Å². The molecule has 27 heavy (non-hydrogen) atoms. The van der Waals surface area contributed by atoms with Gasteiger partial charge in [-0.15, -0.1) is 0 Å². The third kappa shape index (κ3) is 5.34. The van der Waals surface area contributed by atoms with E-state index in [-0.39, 0.29) is 17.4 Å². The summed E-state index contributed by atoms with van der Waals surface area (Å²) in [7, 11) is 0. The second-order valence-electron chi connectivity index (χ2n) is 7.73. The number of rotatable bonds is 7. The second-order valence-corrected chi connectivity index (χ2v) is 8.69. The minimum absolute atomic E-state index is 0.0223. The van der Waals surface area contributed by atoms with E-state index < -0.39 is 11.9 Å². The van der Waals surface area contributed by atoms with Gasteiger partial charge < -0.3 is 10.3 Å². The first-order valence-corrected chi connectivity index (χ1v) is 10.8. The van der Waals surface area contributed by atoms with Gasteiger partial charge in [0.2, 0.25) is 5.91 Å². The molecule has 2 aliphatic carbocycles. The monoisotopic (exact) mass is 392 g/mol. The summed E-state index contributed by atoms with van der Waals surface area (Å²) in [6.45, 7) is 4.04. The fraction of sp³-hybridized carbons (Fsp3) is 0.684. The van der Waals surface area contributed by atoms with E-state index >= 15 is 0 Å². The normalized spacial score (nSPS) is 24.6. The number of carbonyl (C=O) groups is 2. The third-order valence-corrected chi connectivity index (χ3v) is 6.54. The Balaban J connectivity index is 1.43. The van der Waals surface area contributed by atoms with Crippen molar-refractivity contribution in [3.05, 3.63) is 22.1 Å². The molecule has 1 aromatic rings. The van der Waals surface area contributed by atoms with Gasteiger partial charge in [-0.05, 0) is 50.4 Å². The lowest BCUT2D eigenvalue weighted by atomic mass is 9.84. The van der Waals surface area contributed by atoms with Crippen molar-refractivity contribution in [2.24, 2.45) is 17.8 Å². The molecule has 3 N–H and O–H groups in total. The van der Waals surface area contributed by atoms with Crippen LogP contribution in [0.1, 0.15) is 51.6 Å². The Labute approximate surface area is 163 Å². The molecule has 0 saturated heterocycles. The number of carbonyl (C=O) groups excluding carboxylic acids is 2. The number of thioether (sulfide) groups is 1. The van der Waals surface area contributed by atoms with E-state index in [0.29, 0.717) is 23.2 Å². The maximum Gasteiger partial charge on any atom is 0.321 e. The summed E-state index contributed by atoms with van der Waals surface area (Å²) in [5.41, 5.74) is 0.482. The molecule has 148 valence electrons. The summed E-state index contributed by atoms with van der Waals surface area (Å²) in [5, 5.41) is 5.69. The Hall–Kier alpha value is -1.83. The smallest absolute Gasteiger partial charge is 0.321 e. The molecule has 3 amide bonds. The van der Waals surface area contributed by atoms with Crippen molar-refractivity contribution in [3.63, 3.8) is 0 Å². The fourth-order valence-corrected chi connectivity index (χ4v) is 5.18. The van der Waals surface area contributed by atoms with Gasteiger partial charge in [0.25, 0.3) is 5.56 Å². The van der Waals surface area contributed by atoms with Crippen LogP contribution in [-0.4, -0.2) is 33.7 Å². The molecular weight excluding hydrogens is 364 g/mol. The number of hydrogen-bond donors (Lipinski definition) is 3. The van der Waals surface area contributed by atoms with Crippen molar-refractivity contribution in [1.82, 2.24) is 20.6 Å². The molecule has 7 nitrogen and oxygen atoms in total. The summed E-state index contributed by atoms with van der Waals surface area (Å²) in [6, 6.07) is 1.10. The van der Waals surface area contributed by atoms with E-state index in [1.807, 2.05) is 13.8 Å². The van der Waals surface area contributed by atoms with Crippen LogP contribution in [0.3, 0.4) is 0 Å². The van der Waals surface area contributed by atoms with Crippen LogP contribution in [0.15, 0.2) is 16.0 Å². The molecule has 3 rings (SSSR count). The first-order chi connectivity index (χ1) is 12.9. The van der Waals surface area contributed by atoms with Gasteiger partial charge in [-0.1, -0.05) is 31.5 Å². The van der Waals surface area contributed by atoms with E-state index in [1.54, 1.807) is 0 Å². The highest BCUT2D eigenvalue weighted by Gasteiger charge is 2.42. The minimum atomic E-state index is -0.447. The number of aromatic amines is 1. The van der Waals surface area contributed by atoms with Crippen LogP contribution in [-0.2, 0) is 11.2 Å². The van der Waals surface area contributed by atoms with Gasteiger partial charge in [-0.3, -0.25) is 14.9 Å². The zero-order valence-electron chi connectivity index (χ0n) is 15.9. The number of hydrogen-bond acceptors (Lipinski definition) is 5. The number of imide groups is 1. The standard InChI is InChI=1S/C19H28N4O3S/c1-3-4-14-9-16(24)23-19(21-14)27-10-17(25)22-18(26)20-11(2)15-8-12-5-6-13(15)7-12/h9,11-13,15H,3-8,10H2,1-2H3,(H,21,23,24)(H2,20,22,25,26)/t11-,12-,13-,15+/m0/s1. The van der Waals surface area contributed by atoms with Crippen molar-refractivity contribution in [2.45, 2.75) is 63.6 Å². The summed E-state index contributed by atoms with van der Waals surface area (Å²) >= 11 is 1.12. The maximum absolute atomic E-state index is 12.1. The molecule has 0 unspecified atom stereocenters. The van der Waals surface area contributed by atoms with Gasteiger partial charge in [-0.25, -0.2) is 9.78 Å². The minimum Gasteiger partial charge on any atom is -0.335 e. The quantitative estimate of drug-likeness (QED) is 0.488. The lowest BCUT2D eigenvalue weighted by Crippen LogP contribution is -2.47. The average molecular weight is 393 g/mol. The maximum atomic E-state index is 12.1. The molecule has 2 fully saturated rings. The van der Waals surface area contributed by atoms with Crippen molar-refractivity contribution in [1.29, 1.82) is 0 Å². The molecule has 1 heterocycles. The molecule has 0 spiro atoms.